The van der Waals surface area contributed by atoms with E-state index in [2.05, 4.69) is 55.9 Å². The van der Waals surface area contributed by atoms with Crippen LogP contribution in [0.3, 0.4) is 0 Å². The molecule has 0 amide bonds. The van der Waals surface area contributed by atoms with Gasteiger partial charge in [-0.25, -0.2) is 0 Å². The van der Waals surface area contributed by atoms with Crippen LogP contribution in [0.5, 0.6) is 0 Å². The Labute approximate surface area is 81.0 Å². The maximum atomic E-state index is 2.25. The minimum atomic E-state index is 0.530. The summed E-state index contributed by atoms with van der Waals surface area (Å²) in [6.07, 6.45) is 0. The third-order valence-electron chi connectivity index (χ3n) is 0.999. The molecule has 1 aromatic carbocycles. The fraction of sp³-hybridized carbons (Fsp3) is 0. The number of benzene rings is 1. The Hall–Kier alpha value is 0.209. The summed E-state index contributed by atoms with van der Waals surface area (Å²) in [5.41, 5.74) is 0. The second-order valence-electron chi connectivity index (χ2n) is 1.69. The summed E-state index contributed by atoms with van der Waals surface area (Å²) in [4.78, 5) is 2.21. The molecule has 0 saturated carbocycles. The molecular formula is C8H7ISe. The molecule has 52 valence electrons. The first kappa shape index (κ1) is 8.31. The zero-order chi connectivity index (χ0) is 7.23. The van der Waals surface area contributed by atoms with E-state index >= 15 is 0 Å². The van der Waals surface area contributed by atoms with Crippen LogP contribution in [0.25, 0.3) is 0 Å². The standard InChI is InChI=1S/C8H7ISe/c9-6-7-10-8-4-2-1-3-5-8/h1-7H/b7-6+. The van der Waals surface area contributed by atoms with Gasteiger partial charge in [0.25, 0.3) is 0 Å². The molecule has 0 heterocycles. The summed E-state index contributed by atoms with van der Waals surface area (Å²) < 4.78 is 3.51. The first-order chi connectivity index (χ1) is 4.93. The fourth-order valence-corrected chi connectivity index (χ4v) is 2.46. The van der Waals surface area contributed by atoms with E-state index in [1.54, 1.807) is 0 Å². The molecule has 1 aromatic rings. The molecule has 0 N–H and O–H groups in total. The summed E-state index contributed by atoms with van der Waals surface area (Å²) in [7, 11) is 0. The van der Waals surface area contributed by atoms with Gasteiger partial charge in [-0.15, -0.1) is 0 Å². The average molecular weight is 309 g/mol. The van der Waals surface area contributed by atoms with Crippen molar-refractivity contribution in [3.8, 4) is 0 Å². The SMILES string of the molecule is I/C=C/[Se]c1ccccc1. The summed E-state index contributed by atoms with van der Waals surface area (Å²) in [6, 6.07) is 10.5. The normalized spacial score (nSPS) is 10.5. The fourth-order valence-electron chi connectivity index (χ4n) is 0.603. The summed E-state index contributed by atoms with van der Waals surface area (Å²) in [5.74, 6) is 0. The Kier molecular flexibility index (Phi) is 4.10. The van der Waals surface area contributed by atoms with Crippen LogP contribution in [-0.2, 0) is 0 Å². The molecule has 0 aliphatic carbocycles. The molecular weight excluding hydrogens is 302 g/mol. The second kappa shape index (κ2) is 4.94. The van der Waals surface area contributed by atoms with Crippen molar-refractivity contribution in [2.75, 3.05) is 0 Å². The molecule has 0 atom stereocenters. The third-order valence-corrected chi connectivity index (χ3v) is 4.17. The van der Waals surface area contributed by atoms with E-state index in [1.807, 2.05) is 6.07 Å². The molecule has 10 heavy (non-hydrogen) atoms. The summed E-state index contributed by atoms with van der Waals surface area (Å²) in [5, 5.41) is 0. The molecule has 0 aliphatic heterocycles. The molecule has 0 fully saturated rings. The van der Waals surface area contributed by atoms with Crippen molar-refractivity contribution in [1.29, 1.82) is 0 Å². The van der Waals surface area contributed by atoms with Gasteiger partial charge in [-0.3, -0.25) is 0 Å². The van der Waals surface area contributed by atoms with Crippen molar-refractivity contribution in [3.63, 3.8) is 0 Å². The van der Waals surface area contributed by atoms with Crippen molar-refractivity contribution in [3.05, 3.63) is 39.4 Å². The van der Waals surface area contributed by atoms with Crippen LogP contribution in [0.15, 0.2) is 39.4 Å². The molecule has 0 bridgehead atoms. The molecule has 0 saturated heterocycles. The maximum absolute atomic E-state index is 2.25. The Morgan fingerprint density at radius 1 is 1.20 bits per heavy atom. The molecule has 1 rings (SSSR count). The summed E-state index contributed by atoms with van der Waals surface area (Å²) in [6.45, 7) is 0. The molecule has 0 nitrogen and oxygen atoms in total. The van der Waals surface area contributed by atoms with Gasteiger partial charge in [-0.2, -0.15) is 0 Å². The Balaban J connectivity index is 2.59. The first-order valence-electron chi connectivity index (χ1n) is 2.90. The van der Waals surface area contributed by atoms with Crippen molar-refractivity contribution in [1.82, 2.24) is 0 Å². The molecule has 0 radical (unpaired) electrons. The van der Waals surface area contributed by atoms with Gasteiger partial charge in [0.05, 0.1) is 0 Å². The zero-order valence-corrected chi connectivity index (χ0v) is 9.20. The van der Waals surface area contributed by atoms with Crippen LogP contribution in [0, 0.1) is 0 Å². The van der Waals surface area contributed by atoms with E-state index in [1.165, 1.54) is 4.46 Å². The molecule has 0 spiro atoms. The van der Waals surface area contributed by atoms with Crippen molar-refractivity contribution in [2.45, 2.75) is 0 Å². The van der Waals surface area contributed by atoms with Crippen LogP contribution in [-0.4, -0.2) is 15.0 Å². The number of halogens is 1. The van der Waals surface area contributed by atoms with Crippen LogP contribution in [0.2, 0.25) is 0 Å². The Bertz CT molecular complexity index is 206. The molecule has 0 unspecified atom stereocenters. The molecule has 0 aromatic heterocycles. The Morgan fingerprint density at radius 3 is 2.50 bits per heavy atom. The van der Waals surface area contributed by atoms with Crippen molar-refractivity contribution >= 4 is 42.0 Å². The first-order valence-corrected chi connectivity index (χ1v) is 5.99. The van der Waals surface area contributed by atoms with Crippen molar-refractivity contribution < 1.29 is 0 Å². The molecule has 2 heteroatoms. The second-order valence-corrected chi connectivity index (χ2v) is 4.47. The van der Waals surface area contributed by atoms with Gasteiger partial charge in [0.15, 0.2) is 0 Å². The van der Waals surface area contributed by atoms with Gasteiger partial charge < -0.3 is 0 Å². The van der Waals surface area contributed by atoms with Crippen LogP contribution in [0.1, 0.15) is 0 Å². The predicted octanol–water partition coefficient (Wildman–Crippen LogP) is 1.92. The van der Waals surface area contributed by atoms with E-state index in [0.717, 1.165) is 0 Å². The van der Waals surface area contributed by atoms with Crippen LogP contribution >= 0.6 is 22.6 Å². The van der Waals surface area contributed by atoms with Crippen LogP contribution in [0.4, 0.5) is 0 Å². The van der Waals surface area contributed by atoms with Crippen LogP contribution < -0.4 is 4.46 Å². The van der Waals surface area contributed by atoms with E-state index in [0.29, 0.717) is 15.0 Å². The van der Waals surface area contributed by atoms with E-state index < -0.39 is 0 Å². The van der Waals surface area contributed by atoms with Gasteiger partial charge in [0.2, 0.25) is 0 Å². The number of hydrogen-bond acceptors (Lipinski definition) is 0. The third kappa shape index (κ3) is 2.86. The number of rotatable bonds is 2. The van der Waals surface area contributed by atoms with Gasteiger partial charge in [-0.05, 0) is 0 Å². The van der Waals surface area contributed by atoms with E-state index in [4.69, 9.17) is 0 Å². The van der Waals surface area contributed by atoms with E-state index in [-0.39, 0.29) is 0 Å². The Morgan fingerprint density at radius 2 is 1.90 bits per heavy atom. The average Bonchev–Trinajstić information content (AvgIpc) is 2.03. The van der Waals surface area contributed by atoms with Gasteiger partial charge in [0, 0.05) is 0 Å². The predicted molar refractivity (Wildman–Crippen MR) is 55.0 cm³/mol. The molecule has 0 aliphatic rings. The number of hydrogen-bond donors (Lipinski definition) is 0. The topological polar surface area (TPSA) is 0 Å². The monoisotopic (exact) mass is 310 g/mol. The summed E-state index contributed by atoms with van der Waals surface area (Å²) >= 11 is 2.78. The van der Waals surface area contributed by atoms with Gasteiger partial charge in [0.1, 0.15) is 0 Å². The van der Waals surface area contributed by atoms with Gasteiger partial charge in [-0.1, -0.05) is 0 Å². The zero-order valence-electron chi connectivity index (χ0n) is 5.33. The van der Waals surface area contributed by atoms with E-state index in [9.17, 15) is 0 Å². The van der Waals surface area contributed by atoms with Crippen molar-refractivity contribution in [2.24, 2.45) is 0 Å². The minimum absolute atomic E-state index is 0.530. The quantitative estimate of drug-likeness (QED) is 0.578. The van der Waals surface area contributed by atoms with Gasteiger partial charge >= 0.3 is 81.4 Å².